The Labute approximate surface area is 194 Å². The summed E-state index contributed by atoms with van der Waals surface area (Å²) in [5.74, 6) is 0.901. The molecule has 0 N–H and O–H groups in total. The largest absolute Gasteiger partial charge is 0.372 e. The summed E-state index contributed by atoms with van der Waals surface area (Å²) in [7, 11) is 0. The molecular weight excluding hydrogens is 412 g/mol. The van der Waals surface area contributed by atoms with Gasteiger partial charge in [-0.3, -0.25) is 4.79 Å². The third-order valence-corrected chi connectivity index (χ3v) is 5.71. The summed E-state index contributed by atoms with van der Waals surface area (Å²) in [5, 5.41) is 4.52. The molecule has 0 saturated carbocycles. The zero-order valence-corrected chi connectivity index (χ0v) is 19.7. The number of carbonyl (C=O) groups excluding carboxylic acids is 1. The number of amidine groups is 1. The van der Waals surface area contributed by atoms with Gasteiger partial charge in [-0.15, -0.1) is 0 Å². The molecule has 1 aliphatic rings. The van der Waals surface area contributed by atoms with Gasteiger partial charge in [0.15, 0.2) is 12.1 Å². The van der Waals surface area contributed by atoms with Gasteiger partial charge < -0.3 is 4.90 Å². The first kappa shape index (κ1) is 22.3. The van der Waals surface area contributed by atoms with Crippen molar-refractivity contribution in [2.75, 3.05) is 18.0 Å². The van der Waals surface area contributed by atoms with Crippen LogP contribution in [0.25, 0.3) is 0 Å². The van der Waals surface area contributed by atoms with Crippen molar-refractivity contribution >= 4 is 35.2 Å². The van der Waals surface area contributed by atoms with E-state index in [0.717, 1.165) is 42.0 Å². The van der Waals surface area contributed by atoms with Gasteiger partial charge >= 0.3 is 0 Å². The van der Waals surface area contributed by atoms with E-state index in [1.54, 1.807) is 10.7 Å². The minimum atomic E-state index is 0.437. The molecule has 0 fully saturated rings. The number of benzene rings is 2. The highest BCUT2D eigenvalue weighted by atomic mass is 16.1. The molecule has 1 aliphatic heterocycles. The molecule has 0 radical (unpaired) electrons. The summed E-state index contributed by atoms with van der Waals surface area (Å²) in [5.41, 5.74) is 6.64. The van der Waals surface area contributed by atoms with E-state index < -0.39 is 0 Å². The molecule has 0 amide bonds. The Balaban J connectivity index is 1.83. The second kappa shape index (κ2) is 9.32. The third kappa shape index (κ3) is 4.39. The van der Waals surface area contributed by atoms with Crippen LogP contribution < -0.4 is 4.90 Å². The lowest BCUT2D eigenvalue weighted by molar-refractivity contribution is 0.112. The van der Waals surface area contributed by atoms with Gasteiger partial charge in [0.25, 0.3) is 5.96 Å². The number of nitrogens with zero attached hydrogens (tertiary/aromatic N) is 6. The molecule has 0 spiro atoms. The number of aromatic nitrogens is 2. The van der Waals surface area contributed by atoms with Crippen LogP contribution in [0, 0.1) is 20.8 Å². The van der Waals surface area contributed by atoms with Crippen LogP contribution >= 0.6 is 0 Å². The van der Waals surface area contributed by atoms with Crippen LogP contribution in [-0.4, -0.2) is 46.7 Å². The molecule has 2 heterocycles. The first-order chi connectivity index (χ1) is 15.9. The topological polar surface area (TPSA) is 75.2 Å². The minimum absolute atomic E-state index is 0.437. The fourth-order valence-electron chi connectivity index (χ4n) is 3.99. The molecule has 4 rings (SSSR count). The molecule has 7 nitrogen and oxygen atoms in total. The fourth-order valence-corrected chi connectivity index (χ4v) is 3.99. The average Bonchev–Trinajstić information content (AvgIpc) is 3.38. The predicted molar refractivity (Wildman–Crippen MR) is 135 cm³/mol. The molecule has 33 heavy (non-hydrogen) atoms. The zero-order chi connectivity index (χ0) is 23.5. The average molecular weight is 441 g/mol. The van der Waals surface area contributed by atoms with Crippen LogP contribution in [0.5, 0.6) is 0 Å². The van der Waals surface area contributed by atoms with Crippen LogP contribution in [0.3, 0.4) is 0 Å². The summed E-state index contributed by atoms with van der Waals surface area (Å²) < 4.78 is 1.71. The molecular formula is C26H28N6O. The summed E-state index contributed by atoms with van der Waals surface area (Å²) >= 11 is 0. The lowest BCUT2D eigenvalue weighted by Crippen LogP contribution is -2.21. The summed E-state index contributed by atoms with van der Waals surface area (Å²) in [6, 6.07) is 15.6. The third-order valence-electron chi connectivity index (χ3n) is 5.71. The Bertz CT molecular complexity index is 1290. The molecule has 3 aromatic rings. The fraction of sp³-hybridized carbons (Fsp3) is 0.269. The van der Waals surface area contributed by atoms with Gasteiger partial charge in [0.2, 0.25) is 0 Å². The van der Waals surface area contributed by atoms with Crippen molar-refractivity contribution in [3.63, 3.8) is 0 Å². The smallest absolute Gasteiger partial charge is 0.253 e. The Hall–Kier alpha value is -3.87. The van der Waals surface area contributed by atoms with E-state index in [1.807, 2.05) is 51.1 Å². The van der Waals surface area contributed by atoms with Gasteiger partial charge in [-0.2, -0.15) is 10.1 Å². The van der Waals surface area contributed by atoms with Crippen molar-refractivity contribution in [1.29, 1.82) is 0 Å². The van der Waals surface area contributed by atoms with E-state index in [-0.39, 0.29) is 0 Å². The first-order valence-corrected chi connectivity index (χ1v) is 11.1. The maximum Gasteiger partial charge on any atom is 0.253 e. The number of carbonyl (C=O) groups is 1. The van der Waals surface area contributed by atoms with E-state index in [2.05, 4.69) is 36.0 Å². The Kier molecular flexibility index (Phi) is 6.31. The van der Waals surface area contributed by atoms with E-state index in [9.17, 15) is 4.79 Å². The van der Waals surface area contributed by atoms with E-state index in [0.29, 0.717) is 28.6 Å². The maximum atomic E-state index is 11.7. The van der Waals surface area contributed by atoms with Crippen LogP contribution in [-0.2, 0) is 0 Å². The maximum absolute atomic E-state index is 11.7. The van der Waals surface area contributed by atoms with Gasteiger partial charge in [0.1, 0.15) is 5.71 Å². The van der Waals surface area contributed by atoms with Crippen molar-refractivity contribution in [3.05, 3.63) is 76.6 Å². The molecule has 168 valence electrons. The highest BCUT2D eigenvalue weighted by Gasteiger charge is 2.24. The lowest BCUT2D eigenvalue weighted by Gasteiger charge is -2.21. The summed E-state index contributed by atoms with van der Waals surface area (Å²) in [6.45, 7) is 12.1. The Morgan fingerprint density at radius 3 is 2.39 bits per heavy atom. The normalized spacial score (nSPS) is 14.4. The van der Waals surface area contributed by atoms with Crippen LogP contribution in [0.2, 0.25) is 0 Å². The van der Waals surface area contributed by atoms with Gasteiger partial charge in [-0.1, -0.05) is 24.3 Å². The number of anilines is 1. The second-order valence-electron chi connectivity index (χ2n) is 7.99. The Morgan fingerprint density at radius 2 is 1.76 bits per heavy atom. The number of aliphatic imine (C=N–C) groups is 3. The predicted octanol–water partition coefficient (Wildman–Crippen LogP) is 4.90. The quantitative estimate of drug-likeness (QED) is 0.512. The summed E-state index contributed by atoms with van der Waals surface area (Å²) in [4.78, 5) is 28.4. The standard InChI is InChI=1S/C26H28N6O/c1-6-31(7-2)21-12-13-23(17(3)14-21)27-25-24(22-11-9-8-10-20(22)16-33)28-26(29-25)32-19(5)15-18(4)30-32/h8-16H,6-7H2,1-5H3. The van der Waals surface area contributed by atoms with Crippen molar-refractivity contribution in [3.8, 4) is 0 Å². The van der Waals surface area contributed by atoms with Crippen molar-refractivity contribution in [1.82, 2.24) is 9.78 Å². The number of hydrogen-bond acceptors (Lipinski definition) is 5. The number of rotatable bonds is 6. The monoisotopic (exact) mass is 440 g/mol. The number of hydrogen-bond donors (Lipinski definition) is 0. The number of aryl methyl sites for hydroxylation is 3. The molecule has 2 aromatic carbocycles. The Morgan fingerprint density at radius 1 is 1.00 bits per heavy atom. The molecule has 0 aliphatic carbocycles. The number of aldehydes is 1. The van der Waals surface area contributed by atoms with Crippen molar-refractivity contribution in [2.24, 2.45) is 15.0 Å². The van der Waals surface area contributed by atoms with Crippen molar-refractivity contribution < 1.29 is 4.79 Å². The van der Waals surface area contributed by atoms with Gasteiger partial charge in [-0.25, -0.2) is 14.7 Å². The minimum Gasteiger partial charge on any atom is -0.372 e. The van der Waals surface area contributed by atoms with E-state index in [4.69, 9.17) is 15.0 Å². The molecule has 0 bridgehead atoms. The highest BCUT2D eigenvalue weighted by molar-refractivity contribution is 6.53. The summed E-state index contributed by atoms with van der Waals surface area (Å²) in [6.07, 6.45) is 0.834. The molecule has 0 unspecified atom stereocenters. The van der Waals surface area contributed by atoms with Crippen LogP contribution in [0.1, 0.15) is 46.7 Å². The molecule has 1 aromatic heterocycles. The van der Waals surface area contributed by atoms with Gasteiger partial charge in [0.05, 0.1) is 11.4 Å². The molecule has 7 heteroatoms. The van der Waals surface area contributed by atoms with Crippen molar-refractivity contribution in [2.45, 2.75) is 34.6 Å². The lowest BCUT2D eigenvalue weighted by atomic mass is 10.0. The first-order valence-electron chi connectivity index (χ1n) is 11.1. The van der Waals surface area contributed by atoms with Gasteiger partial charge in [0, 0.05) is 35.6 Å². The van der Waals surface area contributed by atoms with Gasteiger partial charge in [-0.05, 0) is 64.4 Å². The highest BCUT2D eigenvalue weighted by Crippen LogP contribution is 2.27. The SMILES string of the molecule is CCN(CC)c1ccc(N=C2N=C(n3nc(C)cc3C)N=C2c2ccccc2C=O)c(C)c1. The molecule has 0 saturated heterocycles. The molecule has 0 atom stereocenters. The zero-order valence-electron chi connectivity index (χ0n) is 19.7. The van der Waals surface area contributed by atoms with E-state index in [1.165, 1.54) is 5.69 Å². The van der Waals surface area contributed by atoms with E-state index >= 15 is 0 Å². The van der Waals surface area contributed by atoms with Crippen LogP contribution in [0.15, 0.2) is 63.5 Å². The second-order valence-corrected chi connectivity index (χ2v) is 7.99. The van der Waals surface area contributed by atoms with Crippen LogP contribution in [0.4, 0.5) is 11.4 Å².